The molecule has 0 atom stereocenters. The Labute approximate surface area is 405 Å². The fourth-order valence-electron chi connectivity index (χ4n) is 10.5. The van der Waals surface area contributed by atoms with Crippen molar-refractivity contribution in [2.75, 3.05) is 0 Å². The molecule has 0 N–H and O–H groups in total. The van der Waals surface area contributed by atoms with E-state index in [1.807, 2.05) is 6.20 Å². The lowest BCUT2D eigenvalue weighted by Crippen LogP contribution is -2.30. The molecule has 0 saturated carbocycles. The lowest BCUT2D eigenvalue weighted by Gasteiger charge is -2.20. The molecule has 13 aromatic rings. The van der Waals surface area contributed by atoms with Crippen molar-refractivity contribution >= 4 is 60.2 Å². The van der Waals surface area contributed by atoms with Crippen molar-refractivity contribution in [3.63, 3.8) is 0 Å². The molecule has 6 heteroatoms. The number of ether oxygens (including phenoxy) is 1. The topological polar surface area (TPSA) is 40.3 Å². The summed E-state index contributed by atoms with van der Waals surface area (Å²) < 4.78 is 16.5. The predicted octanol–water partition coefficient (Wildman–Crippen LogP) is 15.9. The van der Waals surface area contributed by atoms with E-state index < -0.39 is 0 Å². The number of hydrogen-bond acceptors (Lipinski definition) is 2. The van der Waals surface area contributed by atoms with Crippen LogP contribution in [0.15, 0.2) is 237 Å². The van der Waals surface area contributed by atoms with E-state index in [4.69, 9.17) is 9.72 Å². The van der Waals surface area contributed by atoms with Gasteiger partial charge in [-0.2, -0.15) is 8.97 Å². The molecule has 0 fully saturated rings. The summed E-state index contributed by atoms with van der Waals surface area (Å²) in [6.45, 7) is 6.73. The summed E-state index contributed by atoms with van der Waals surface area (Å²) in [5.74, 6) is 2.33. The summed E-state index contributed by atoms with van der Waals surface area (Å²) in [6, 6.07) is 80.1. The Morgan fingerprint density at radius 2 is 1.00 bits per heavy atom. The summed E-state index contributed by atoms with van der Waals surface area (Å²) in [7, 11) is 0. The third-order valence-electron chi connectivity index (χ3n) is 13.8. The molecule has 0 aliphatic rings. The Kier molecular flexibility index (Phi) is 9.63. The molecular weight excluding hydrogens is 855 g/mol. The average Bonchev–Trinajstić information content (AvgIpc) is 3.95. The molecule has 0 saturated heterocycles. The molecule has 0 bridgehead atoms. The normalized spacial score (nSPS) is 11.9. The van der Waals surface area contributed by atoms with E-state index in [1.165, 1.54) is 10.9 Å². The Morgan fingerprint density at radius 1 is 0.443 bits per heavy atom. The van der Waals surface area contributed by atoms with E-state index in [0.717, 1.165) is 106 Å². The van der Waals surface area contributed by atoms with Crippen LogP contribution in [0.25, 0.3) is 99.6 Å². The number of fused-ring (bicyclic) bond motifs is 7. The molecule has 0 unspecified atom stereocenters. The van der Waals surface area contributed by atoms with Crippen LogP contribution in [0.4, 0.5) is 0 Å². The van der Waals surface area contributed by atoms with E-state index in [2.05, 4.69) is 270 Å². The van der Waals surface area contributed by atoms with Gasteiger partial charge < -0.3 is 9.30 Å². The number of hydrogen-bond donors (Lipinski definition) is 0. The number of rotatable bonds is 7. The van der Waals surface area contributed by atoms with Crippen LogP contribution in [0.3, 0.4) is 0 Å². The lowest BCUT2D eigenvalue weighted by atomic mass is 9.88. The van der Waals surface area contributed by atoms with Gasteiger partial charge in [-0.25, -0.2) is 4.98 Å². The van der Waals surface area contributed by atoms with Gasteiger partial charge in [-0.3, -0.25) is 4.57 Å². The summed E-state index contributed by atoms with van der Waals surface area (Å²) in [5, 5.41) is 4.58. The molecule has 0 aliphatic heterocycles. The molecule has 0 spiro atoms. The molecule has 0 radical (unpaired) electrons. The second-order valence-electron chi connectivity index (χ2n) is 19.1. The fourth-order valence-corrected chi connectivity index (χ4v) is 10.5. The largest absolute Gasteiger partial charge is 0.457 e. The minimum Gasteiger partial charge on any atom is -0.457 e. The van der Waals surface area contributed by atoms with Crippen molar-refractivity contribution in [3.8, 4) is 50.9 Å². The Balaban J connectivity index is 1.10. The molecule has 4 aromatic heterocycles. The van der Waals surface area contributed by atoms with Crippen molar-refractivity contribution in [1.29, 1.82) is 0 Å². The predicted molar refractivity (Wildman–Crippen MR) is 288 cm³/mol. The van der Waals surface area contributed by atoms with Crippen molar-refractivity contribution in [2.24, 2.45) is 0 Å². The van der Waals surface area contributed by atoms with Gasteiger partial charge in [-0.1, -0.05) is 160 Å². The van der Waals surface area contributed by atoms with Gasteiger partial charge in [-0.15, -0.1) is 0 Å². The van der Waals surface area contributed by atoms with Gasteiger partial charge in [0.05, 0.1) is 22.1 Å². The molecule has 70 heavy (non-hydrogen) atoms. The maximum absolute atomic E-state index is 7.06. The fraction of sp³-hybridized carbons (Fsp3) is 0.0625. The van der Waals surface area contributed by atoms with Gasteiger partial charge in [0.2, 0.25) is 0 Å². The quantitative estimate of drug-likeness (QED) is 0.150. The van der Waals surface area contributed by atoms with Crippen molar-refractivity contribution in [3.05, 3.63) is 243 Å². The van der Waals surface area contributed by atoms with Crippen molar-refractivity contribution < 1.29 is 9.30 Å². The van der Waals surface area contributed by atoms with Crippen molar-refractivity contribution in [2.45, 2.75) is 26.2 Å². The highest BCUT2D eigenvalue weighted by molar-refractivity contribution is 6.11. The van der Waals surface area contributed by atoms with Crippen LogP contribution < -0.4 is 9.30 Å². The summed E-state index contributed by atoms with van der Waals surface area (Å²) in [4.78, 5) is 4.94. The monoisotopic (exact) mass is 902 g/mol. The van der Waals surface area contributed by atoms with E-state index in [-0.39, 0.29) is 5.41 Å². The highest BCUT2D eigenvalue weighted by Gasteiger charge is 2.27. The first-order valence-corrected chi connectivity index (χ1v) is 23.9. The average molecular weight is 903 g/mol. The van der Waals surface area contributed by atoms with Crippen LogP contribution >= 0.6 is 0 Å². The third-order valence-corrected chi connectivity index (χ3v) is 13.8. The van der Waals surface area contributed by atoms with E-state index in [1.54, 1.807) is 0 Å². The second-order valence-corrected chi connectivity index (χ2v) is 19.1. The first kappa shape index (κ1) is 41.2. The van der Waals surface area contributed by atoms with Gasteiger partial charge in [0.1, 0.15) is 23.0 Å². The smallest absolute Gasteiger partial charge is 0.255 e. The standard InChI is InChI=1S/C64H48N5O/c1-64(2,3)45-37-38-65-61(39-45)69-56-31-16-13-25-51(56)53-35-33-47(40-59(53)69)70-48-34-36-57-60(41-48)67-42-66(62-49(43-19-7-4-8-20-43)27-17-28-50(62)44-21-9-5-10-22-44)58-32-18-29-54(63(58)67)52-26-14-15-30-55(52)68(57)46-23-11-6-12-24-46/h4-42H,1-3H3/q+1. The van der Waals surface area contributed by atoms with Gasteiger partial charge in [0.25, 0.3) is 6.33 Å². The summed E-state index contributed by atoms with van der Waals surface area (Å²) >= 11 is 0. The van der Waals surface area contributed by atoms with Crippen LogP contribution in [-0.2, 0) is 5.41 Å². The zero-order valence-electron chi connectivity index (χ0n) is 39.2. The third kappa shape index (κ3) is 6.79. The Hall–Kier alpha value is -9.00. The van der Waals surface area contributed by atoms with Crippen molar-refractivity contribution in [1.82, 2.24) is 18.5 Å². The number of para-hydroxylation sites is 5. The number of nitrogens with zero attached hydrogens (tertiary/aromatic N) is 5. The van der Waals surface area contributed by atoms with Gasteiger partial charge >= 0.3 is 0 Å². The van der Waals surface area contributed by atoms with Gasteiger partial charge in [0, 0.05) is 56.7 Å². The highest BCUT2D eigenvalue weighted by Crippen LogP contribution is 2.39. The number of aromatic nitrogens is 5. The maximum atomic E-state index is 7.06. The molecule has 4 heterocycles. The van der Waals surface area contributed by atoms with E-state index in [0.29, 0.717) is 0 Å². The van der Waals surface area contributed by atoms with E-state index >= 15 is 0 Å². The Bertz CT molecular complexity index is 4120. The van der Waals surface area contributed by atoms with Crippen LogP contribution in [-0.4, -0.2) is 18.5 Å². The zero-order chi connectivity index (χ0) is 46.9. The summed E-state index contributed by atoms with van der Waals surface area (Å²) in [5.41, 5.74) is 15.3. The SMILES string of the molecule is CC(C)(C)c1ccnc(-n2c3ccccc3c3ccc(Oc4ccc5c(c4)n4c[n+](-c6c(-c7ccccc7)cccc6-c6ccccc6)c6cccc(c7ccccc7n5-c5ccccc5)c64)cc32)c1. The molecule has 334 valence electrons. The molecule has 13 rings (SSSR count). The minimum absolute atomic E-state index is 0.0340. The zero-order valence-corrected chi connectivity index (χ0v) is 39.2. The van der Waals surface area contributed by atoms with Crippen LogP contribution in [0.2, 0.25) is 0 Å². The number of benzene rings is 9. The van der Waals surface area contributed by atoms with Crippen LogP contribution in [0, 0.1) is 0 Å². The maximum Gasteiger partial charge on any atom is 0.255 e. The van der Waals surface area contributed by atoms with Gasteiger partial charge in [0.15, 0.2) is 16.6 Å². The van der Waals surface area contributed by atoms with Crippen LogP contribution in [0.1, 0.15) is 26.3 Å². The Morgan fingerprint density at radius 3 is 1.69 bits per heavy atom. The number of pyridine rings is 1. The number of imidazole rings is 1. The molecule has 6 nitrogen and oxygen atoms in total. The molecule has 9 aromatic carbocycles. The lowest BCUT2D eigenvalue weighted by molar-refractivity contribution is -0.566. The first-order valence-electron chi connectivity index (χ1n) is 23.9. The highest BCUT2D eigenvalue weighted by atomic mass is 16.5. The van der Waals surface area contributed by atoms with Crippen LogP contribution in [0.5, 0.6) is 11.5 Å². The second kappa shape index (κ2) is 16.4. The molecule has 0 amide bonds. The minimum atomic E-state index is -0.0340. The van der Waals surface area contributed by atoms with E-state index in [9.17, 15) is 0 Å². The summed E-state index contributed by atoms with van der Waals surface area (Å²) in [6.07, 6.45) is 4.21. The molecule has 0 aliphatic carbocycles. The van der Waals surface area contributed by atoms with Gasteiger partial charge in [-0.05, 0) is 94.9 Å². The first-order chi connectivity index (χ1) is 34.4. The molecular formula is C64H48N5O+.